The highest BCUT2D eigenvalue weighted by Crippen LogP contribution is 2.27. The Hall–Kier alpha value is -4.12. The Morgan fingerprint density at radius 3 is 2.47 bits per heavy atom. The van der Waals surface area contributed by atoms with Crippen LogP contribution in [0.2, 0.25) is 0 Å². The zero-order valence-electron chi connectivity index (χ0n) is 19.4. The molecule has 36 heavy (non-hydrogen) atoms. The van der Waals surface area contributed by atoms with E-state index >= 15 is 4.39 Å². The van der Waals surface area contributed by atoms with Crippen LogP contribution in [0.5, 0.6) is 0 Å². The molecule has 1 aliphatic rings. The summed E-state index contributed by atoms with van der Waals surface area (Å²) in [4.78, 5) is 28.0. The van der Waals surface area contributed by atoms with Gasteiger partial charge in [-0.05, 0) is 43.3 Å². The van der Waals surface area contributed by atoms with Gasteiger partial charge in [0, 0.05) is 49.9 Å². The Balaban J connectivity index is 1.31. The van der Waals surface area contributed by atoms with E-state index in [0.717, 1.165) is 6.07 Å². The molecule has 0 atom stereocenters. The standard InChI is InChI=1S/C25H23F2N5O4/c1-2-31-13-18(25(34)35)23(33)17-11-19(27)21(12-20(17)31)32-9-7-30(8-10-32)14-22-28-29-24(36-22)15-3-5-16(26)6-4-15/h3-6,11-13H,2,7-10,14H2,1H3,(H,34,35). The van der Waals surface area contributed by atoms with E-state index in [0.29, 0.717) is 67.8 Å². The molecule has 0 saturated carbocycles. The van der Waals surface area contributed by atoms with E-state index < -0.39 is 17.2 Å². The number of benzene rings is 2. The zero-order valence-corrected chi connectivity index (χ0v) is 19.4. The van der Waals surface area contributed by atoms with E-state index in [4.69, 9.17) is 4.42 Å². The van der Waals surface area contributed by atoms with Crippen molar-refractivity contribution in [2.24, 2.45) is 0 Å². The van der Waals surface area contributed by atoms with Crippen molar-refractivity contribution in [3.63, 3.8) is 0 Å². The van der Waals surface area contributed by atoms with E-state index in [9.17, 15) is 19.1 Å². The predicted molar refractivity (Wildman–Crippen MR) is 128 cm³/mol. The van der Waals surface area contributed by atoms with Crippen LogP contribution in [0.15, 0.2) is 51.8 Å². The first-order valence-corrected chi connectivity index (χ1v) is 11.5. The molecule has 0 amide bonds. The predicted octanol–water partition coefficient (Wildman–Crippen LogP) is 3.37. The van der Waals surface area contributed by atoms with Gasteiger partial charge in [0.2, 0.25) is 17.2 Å². The minimum atomic E-state index is -1.34. The maximum absolute atomic E-state index is 15.1. The molecular weight excluding hydrogens is 472 g/mol. The average Bonchev–Trinajstić information content (AvgIpc) is 3.33. The highest BCUT2D eigenvalue weighted by Gasteiger charge is 2.23. The van der Waals surface area contributed by atoms with Crippen LogP contribution in [0.1, 0.15) is 23.2 Å². The second-order valence-corrected chi connectivity index (χ2v) is 8.55. The minimum Gasteiger partial charge on any atom is -0.477 e. The summed E-state index contributed by atoms with van der Waals surface area (Å²) in [5.41, 5.74) is 0.410. The second kappa shape index (κ2) is 9.50. The van der Waals surface area contributed by atoms with Gasteiger partial charge in [-0.25, -0.2) is 13.6 Å². The summed E-state index contributed by atoms with van der Waals surface area (Å²) in [7, 11) is 0. The third-order valence-electron chi connectivity index (χ3n) is 6.35. The number of hydrogen-bond donors (Lipinski definition) is 1. The number of rotatable bonds is 6. The van der Waals surface area contributed by atoms with Crippen LogP contribution in [0, 0.1) is 11.6 Å². The Kier molecular flexibility index (Phi) is 6.23. The van der Waals surface area contributed by atoms with Gasteiger partial charge in [-0.2, -0.15) is 0 Å². The lowest BCUT2D eigenvalue weighted by atomic mass is 10.1. The van der Waals surface area contributed by atoms with Crippen LogP contribution < -0.4 is 10.3 Å². The van der Waals surface area contributed by atoms with Crippen molar-refractivity contribution >= 4 is 22.6 Å². The van der Waals surface area contributed by atoms with Crippen molar-refractivity contribution in [2.45, 2.75) is 20.0 Å². The lowest BCUT2D eigenvalue weighted by Gasteiger charge is -2.35. The SMILES string of the molecule is CCn1cc(C(=O)O)c(=O)c2cc(F)c(N3CCN(Cc4nnc(-c5ccc(F)cc5)o4)CC3)cc21. The normalized spacial score (nSPS) is 14.5. The molecule has 186 valence electrons. The number of aromatic nitrogens is 3. The molecule has 5 rings (SSSR count). The number of fused-ring (bicyclic) bond motifs is 1. The summed E-state index contributed by atoms with van der Waals surface area (Å²) < 4.78 is 35.6. The van der Waals surface area contributed by atoms with Crippen LogP contribution in [0.4, 0.5) is 14.5 Å². The number of aromatic carboxylic acids is 1. The van der Waals surface area contributed by atoms with Gasteiger partial charge in [-0.1, -0.05) is 0 Å². The van der Waals surface area contributed by atoms with Gasteiger partial charge in [0.1, 0.15) is 17.2 Å². The number of carbonyl (C=O) groups is 1. The molecule has 1 saturated heterocycles. The number of aryl methyl sites for hydroxylation is 1. The Labute approximate surface area is 204 Å². The van der Waals surface area contributed by atoms with Gasteiger partial charge < -0.3 is 19.0 Å². The molecule has 1 aliphatic heterocycles. The first-order chi connectivity index (χ1) is 17.3. The fourth-order valence-electron chi connectivity index (χ4n) is 4.42. The fraction of sp³-hybridized carbons (Fsp3) is 0.280. The quantitative estimate of drug-likeness (QED) is 0.434. The van der Waals surface area contributed by atoms with Gasteiger partial charge in [-0.3, -0.25) is 9.69 Å². The van der Waals surface area contributed by atoms with Gasteiger partial charge in [0.05, 0.1) is 17.7 Å². The summed E-state index contributed by atoms with van der Waals surface area (Å²) in [5, 5.41) is 17.5. The largest absolute Gasteiger partial charge is 0.477 e. The van der Waals surface area contributed by atoms with Gasteiger partial charge in [-0.15, -0.1) is 10.2 Å². The monoisotopic (exact) mass is 495 g/mol. The maximum Gasteiger partial charge on any atom is 0.341 e. The van der Waals surface area contributed by atoms with Crippen LogP contribution >= 0.6 is 0 Å². The molecule has 0 bridgehead atoms. The van der Waals surface area contributed by atoms with Crippen LogP contribution in [-0.4, -0.2) is 56.9 Å². The third kappa shape index (κ3) is 4.44. The molecular formula is C25H23F2N5O4. The topological polar surface area (TPSA) is 105 Å². The molecule has 0 spiro atoms. The third-order valence-corrected chi connectivity index (χ3v) is 6.35. The number of hydrogen-bond acceptors (Lipinski definition) is 7. The second-order valence-electron chi connectivity index (χ2n) is 8.55. The number of carboxylic acids is 1. The first kappa shape index (κ1) is 23.6. The number of pyridine rings is 1. The van der Waals surface area contributed by atoms with Gasteiger partial charge in [0.25, 0.3) is 0 Å². The highest BCUT2D eigenvalue weighted by molar-refractivity contribution is 5.93. The van der Waals surface area contributed by atoms with Crippen LogP contribution in [0.25, 0.3) is 22.4 Å². The molecule has 9 nitrogen and oxygen atoms in total. The molecule has 0 aliphatic carbocycles. The summed E-state index contributed by atoms with van der Waals surface area (Å²) in [6, 6.07) is 8.55. The Bertz CT molecular complexity index is 1490. The van der Waals surface area contributed by atoms with Crippen molar-refractivity contribution < 1.29 is 23.1 Å². The van der Waals surface area contributed by atoms with Crippen molar-refractivity contribution in [3.05, 3.63) is 75.9 Å². The highest BCUT2D eigenvalue weighted by atomic mass is 19.1. The van der Waals surface area contributed by atoms with Crippen LogP contribution in [-0.2, 0) is 13.1 Å². The number of halogens is 2. The van der Waals surface area contributed by atoms with Crippen LogP contribution in [0.3, 0.4) is 0 Å². The van der Waals surface area contributed by atoms with E-state index in [1.165, 1.54) is 18.3 Å². The van der Waals surface area contributed by atoms with Crippen molar-refractivity contribution in [3.8, 4) is 11.5 Å². The molecule has 1 fully saturated rings. The zero-order chi connectivity index (χ0) is 25.4. The number of anilines is 1. The molecule has 1 N–H and O–H groups in total. The molecule has 2 aromatic carbocycles. The van der Waals surface area contributed by atoms with E-state index in [2.05, 4.69) is 15.1 Å². The molecule has 2 aromatic heterocycles. The Morgan fingerprint density at radius 1 is 1.08 bits per heavy atom. The summed E-state index contributed by atoms with van der Waals surface area (Å²) >= 11 is 0. The first-order valence-electron chi connectivity index (χ1n) is 11.5. The van der Waals surface area contributed by atoms with E-state index in [1.54, 1.807) is 22.8 Å². The molecule has 4 aromatic rings. The smallest absolute Gasteiger partial charge is 0.341 e. The fourth-order valence-corrected chi connectivity index (χ4v) is 4.42. The molecule has 0 unspecified atom stereocenters. The number of carboxylic acid groups (broad SMARTS) is 1. The summed E-state index contributed by atoms with van der Waals surface area (Å²) in [6.07, 6.45) is 1.30. The average molecular weight is 495 g/mol. The molecule has 0 radical (unpaired) electrons. The minimum absolute atomic E-state index is 0.0463. The Morgan fingerprint density at radius 2 is 1.81 bits per heavy atom. The van der Waals surface area contributed by atoms with Crippen molar-refractivity contribution in [1.29, 1.82) is 0 Å². The number of piperazine rings is 1. The summed E-state index contributed by atoms with van der Waals surface area (Å²) in [5.74, 6) is -1.51. The maximum atomic E-state index is 15.1. The summed E-state index contributed by atoms with van der Waals surface area (Å²) in [6.45, 7) is 4.98. The van der Waals surface area contributed by atoms with E-state index in [1.807, 2.05) is 11.8 Å². The van der Waals surface area contributed by atoms with E-state index in [-0.39, 0.29) is 16.8 Å². The lowest BCUT2D eigenvalue weighted by Crippen LogP contribution is -2.46. The number of nitrogens with zero attached hydrogens (tertiary/aromatic N) is 5. The molecule has 11 heteroatoms. The van der Waals surface area contributed by atoms with Gasteiger partial charge >= 0.3 is 5.97 Å². The lowest BCUT2D eigenvalue weighted by molar-refractivity contribution is 0.0695. The van der Waals surface area contributed by atoms with Gasteiger partial charge in [0.15, 0.2) is 0 Å². The van der Waals surface area contributed by atoms with Crippen molar-refractivity contribution in [2.75, 3.05) is 31.1 Å². The molecule has 3 heterocycles. The van der Waals surface area contributed by atoms with Crippen molar-refractivity contribution in [1.82, 2.24) is 19.7 Å².